The van der Waals surface area contributed by atoms with Crippen molar-refractivity contribution in [3.05, 3.63) is 59.2 Å². The number of amides is 2. The summed E-state index contributed by atoms with van der Waals surface area (Å²) in [4.78, 5) is 27.3. The zero-order chi connectivity index (χ0) is 16.8. The first kappa shape index (κ1) is 14.8. The standard InChI is InChI=1S/C20H18N2O2/c1-12-7-8-15-17-16(12)11-13-5-3-4-6-14(13)18(17)20(24)22(19(15)23)10-9-21-2/h3-8,11,21H,9-10H2,1-2H3. The fourth-order valence-electron chi connectivity index (χ4n) is 3.52. The summed E-state index contributed by atoms with van der Waals surface area (Å²) in [6.45, 7) is 2.96. The third-order valence-corrected chi connectivity index (χ3v) is 4.76. The van der Waals surface area contributed by atoms with Crippen LogP contribution >= 0.6 is 0 Å². The number of carbonyl (C=O) groups is 2. The number of benzene rings is 3. The predicted molar refractivity (Wildman–Crippen MR) is 95.5 cm³/mol. The largest absolute Gasteiger partial charge is 0.318 e. The van der Waals surface area contributed by atoms with Crippen LogP contribution in [0, 0.1) is 6.92 Å². The van der Waals surface area contributed by atoms with Crippen molar-refractivity contribution in [2.45, 2.75) is 6.92 Å². The molecular weight excluding hydrogens is 300 g/mol. The SMILES string of the molecule is CNCCN1C(=O)c2ccc(C)c3cc4ccccc4c(c23)C1=O. The molecule has 0 spiro atoms. The molecule has 0 unspecified atom stereocenters. The van der Waals surface area contributed by atoms with Gasteiger partial charge in [-0.2, -0.15) is 0 Å². The van der Waals surface area contributed by atoms with Crippen LogP contribution in [0.3, 0.4) is 0 Å². The van der Waals surface area contributed by atoms with E-state index in [0.29, 0.717) is 24.2 Å². The molecule has 0 atom stereocenters. The van der Waals surface area contributed by atoms with Gasteiger partial charge in [0.25, 0.3) is 11.8 Å². The van der Waals surface area contributed by atoms with Crippen LogP contribution in [0.1, 0.15) is 26.3 Å². The Labute approximate surface area is 140 Å². The number of aryl methyl sites for hydroxylation is 1. The molecule has 4 heteroatoms. The Bertz CT molecular complexity index is 1010. The lowest BCUT2D eigenvalue weighted by Crippen LogP contribution is -2.43. The molecule has 0 saturated heterocycles. The molecule has 3 aromatic carbocycles. The maximum atomic E-state index is 13.1. The summed E-state index contributed by atoms with van der Waals surface area (Å²) in [7, 11) is 1.81. The molecule has 0 bridgehead atoms. The number of hydrogen-bond donors (Lipinski definition) is 1. The molecule has 120 valence electrons. The van der Waals surface area contributed by atoms with E-state index in [0.717, 1.165) is 27.1 Å². The van der Waals surface area contributed by atoms with Gasteiger partial charge in [0.15, 0.2) is 0 Å². The van der Waals surface area contributed by atoms with Crippen molar-refractivity contribution < 1.29 is 9.59 Å². The lowest BCUT2D eigenvalue weighted by atomic mass is 9.88. The zero-order valence-corrected chi connectivity index (χ0v) is 13.7. The van der Waals surface area contributed by atoms with Crippen LogP contribution in [0.25, 0.3) is 21.5 Å². The summed E-state index contributed by atoms with van der Waals surface area (Å²) in [6, 6.07) is 13.8. The smallest absolute Gasteiger partial charge is 0.262 e. The van der Waals surface area contributed by atoms with E-state index in [2.05, 4.69) is 11.4 Å². The maximum Gasteiger partial charge on any atom is 0.262 e. The molecule has 1 heterocycles. The van der Waals surface area contributed by atoms with Crippen LogP contribution in [0.15, 0.2) is 42.5 Å². The van der Waals surface area contributed by atoms with E-state index in [1.807, 2.05) is 50.4 Å². The first-order valence-corrected chi connectivity index (χ1v) is 8.09. The van der Waals surface area contributed by atoms with E-state index in [1.54, 1.807) is 0 Å². The van der Waals surface area contributed by atoms with Crippen LogP contribution in [-0.2, 0) is 0 Å². The Morgan fingerprint density at radius 3 is 2.58 bits per heavy atom. The molecule has 1 aliphatic heterocycles. The number of nitrogens with zero attached hydrogens (tertiary/aromatic N) is 1. The Balaban J connectivity index is 2.12. The molecule has 0 fully saturated rings. The number of carbonyl (C=O) groups excluding carboxylic acids is 2. The molecule has 0 aromatic heterocycles. The molecule has 2 amide bonds. The van der Waals surface area contributed by atoms with Gasteiger partial charge in [-0.05, 0) is 47.8 Å². The lowest BCUT2D eigenvalue weighted by molar-refractivity contribution is 0.0614. The van der Waals surface area contributed by atoms with E-state index >= 15 is 0 Å². The van der Waals surface area contributed by atoms with E-state index in [9.17, 15) is 9.59 Å². The Morgan fingerprint density at radius 2 is 1.79 bits per heavy atom. The van der Waals surface area contributed by atoms with Gasteiger partial charge in [-0.25, -0.2) is 0 Å². The highest BCUT2D eigenvalue weighted by Crippen LogP contribution is 2.36. The second kappa shape index (κ2) is 5.42. The average molecular weight is 318 g/mol. The summed E-state index contributed by atoms with van der Waals surface area (Å²) in [6.07, 6.45) is 0. The van der Waals surface area contributed by atoms with E-state index in [4.69, 9.17) is 0 Å². The quantitative estimate of drug-likeness (QED) is 0.596. The van der Waals surface area contributed by atoms with E-state index in [-0.39, 0.29) is 11.8 Å². The average Bonchev–Trinajstić information content (AvgIpc) is 2.59. The van der Waals surface area contributed by atoms with Gasteiger partial charge in [0.1, 0.15) is 0 Å². The molecule has 0 aliphatic carbocycles. The number of imide groups is 1. The molecular formula is C20H18N2O2. The van der Waals surface area contributed by atoms with Crippen LogP contribution in [0.4, 0.5) is 0 Å². The van der Waals surface area contributed by atoms with Gasteiger partial charge in [-0.15, -0.1) is 0 Å². The van der Waals surface area contributed by atoms with Gasteiger partial charge in [0.2, 0.25) is 0 Å². The first-order valence-electron chi connectivity index (χ1n) is 8.09. The van der Waals surface area contributed by atoms with Crippen molar-refractivity contribution in [3.8, 4) is 0 Å². The monoisotopic (exact) mass is 318 g/mol. The number of likely N-dealkylation sites (N-methyl/N-ethyl adjacent to an activating group) is 1. The molecule has 3 aromatic rings. The number of rotatable bonds is 3. The van der Waals surface area contributed by atoms with Gasteiger partial charge in [0, 0.05) is 24.0 Å². The number of hydrogen-bond acceptors (Lipinski definition) is 3. The van der Waals surface area contributed by atoms with Crippen molar-refractivity contribution in [2.24, 2.45) is 0 Å². The van der Waals surface area contributed by atoms with Crippen LogP contribution in [0.2, 0.25) is 0 Å². The number of nitrogens with one attached hydrogen (secondary N) is 1. The van der Waals surface area contributed by atoms with Crippen LogP contribution < -0.4 is 5.32 Å². The van der Waals surface area contributed by atoms with Crippen molar-refractivity contribution in [3.63, 3.8) is 0 Å². The normalized spacial score (nSPS) is 14.0. The summed E-state index contributed by atoms with van der Waals surface area (Å²) in [5.41, 5.74) is 2.34. The molecule has 1 N–H and O–H groups in total. The molecule has 4 rings (SSSR count). The fraction of sp³-hybridized carbons (Fsp3) is 0.200. The van der Waals surface area contributed by atoms with Crippen molar-refractivity contribution in [1.82, 2.24) is 10.2 Å². The minimum absolute atomic E-state index is 0.199. The fourth-order valence-corrected chi connectivity index (χ4v) is 3.52. The van der Waals surface area contributed by atoms with E-state index in [1.165, 1.54) is 4.90 Å². The third kappa shape index (κ3) is 1.96. The van der Waals surface area contributed by atoms with Gasteiger partial charge in [-0.3, -0.25) is 14.5 Å². The van der Waals surface area contributed by atoms with Crippen molar-refractivity contribution in [1.29, 1.82) is 0 Å². The Kier molecular flexibility index (Phi) is 3.36. The molecule has 0 saturated carbocycles. The highest BCUT2D eigenvalue weighted by atomic mass is 16.2. The lowest BCUT2D eigenvalue weighted by Gasteiger charge is -2.28. The van der Waals surface area contributed by atoms with Crippen molar-refractivity contribution in [2.75, 3.05) is 20.1 Å². The minimum Gasteiger partial charge on any atom is -0.318 e. The highest BCUT2D eigenvalue weighted by Gasteiger charge is 2.34. The minimum atomic E-state index is -0.206. The maximum absolute atomic E-state index is 13.1. The van der Waals surface area contributed by atoms with Gasteiger partial charge < -0.3 is 5.32 Å². The van der Waals surface area contributed by atoms with Crippen LogP contribution in [0.5, 0.6) is 0 Å². The molecule has 4 nitrogen and oxygen atoms in total. The number of fused-ring (bicyclic) bond motifs is 2. The summed E-state index contributed by atoms with van der Waals surface area (Å²) >= 11 is 0. The summed E-state index contributed by atoms with van der Waals surface area (Å²) < 4.78 is 0. The van der Waals surface area contributed by atoms with Gasteiger partial charge in [0.05, 0.1) is 5.56 Å². The Morgan fingerprint density at radius 1 is 1.00 bits per heavy atom. The highest BCUT2D eigenvalue weighted by molar-refractivity contribution is 6.30. The third-order valence-electron chi connectivity index (χ3n) is 4.76. The molecule has 0 radical (unpaired) electrons. The van der Waals surface area contributed by atoms with Crippen molar-refractivity contribution >= 4 is 33.4 Å². The van der Waals surface area contributed by atoms with Crippen LogP contribution in [-0.4, -0.2) is 36.9 Å². The predicted octanol–water partition coefficient (Wildman–Crippen LogP) is 3.12. The van der Waals surface area contributed by atoms with Gasteiger partial charge in [-0.1, -0.05) is 30.3 Å². The zero-order valence-electron chi connectivity index (χ0n) is 13.7. The van der Waals surface area contributed by atoms with Gasteiger partial charge >= 0.3 is 0 Å². The molecule has 24 heavy (non-hydrogen) atoms. The summed E-state index contributed by atoms with van der Waals surface area (Å²) in [5, 5.41) is 6.71. The Hall–Kier alpha value is -2.72. The topological polar surface area (TPSA) is 49.4 Å². The molecule has 1 aliphatic rings. The summed E-state index contributed by atoms with van der Waals surface area (Å²) in [5.74, 6) is -0.404. The second-order valence-corrected chi connectivity index (χ2v) is 6.19. The van der Waals surface area contributed by atoms with E-state index < -0.39 is 0 Å². The first-order chi connectivity index (χ1) is 11.6. The second-order valence-electron chi connectivity index (χ2n) is 6.19.